The molecule has 1 aromatic rings. The molecule has 2 rings (SSSR count). The maximum absolute atomic E-state index is 12.9. The number of ether oxygens (including phenoxy) is 1. The molecule has 1 fully saturated rings. The highest BCUT2D eigenvalue weighted by atomic mass is 35.5. The zero-order valence-electron chi connectivity index (χ0n) is 11.4. The van der Waals surface area contributed by atoms with E-state index in [9.17, 15) is 9.18 Å². The van der Waals surface area contributed by atoms with E-state index in [1.807, 2.05) is 6.92 Å². The molecular formula is C14H18ClFN2O2. The summed E-state index contributed by atoms with van der Waals surface area (Å²) in [6.07, 6.45) is 0. The molecule has 1 aromatic carbocycles. The van der Waals surface area contributed by atoms with Gasteiger partial charge in [-0.2, -0.15) is 0 Å². The van der Waals surface area contributed by atoms with Crippen LogP contribution in [0.3, 0.4) is 0 Å². The molecule has 1 amide bonds. The van der Waals surface area contributed by atoms with Crippen LogP contribution in [0.25, 0.3) is 0 Å². The van der Waals surface area contributed by atoms with Gasteiger partial charge >= 0.3 is 0 Å². The first kappa shape index (κ1) is 15.2. The van der Waals surface area contributed by atoms with Gasteiger partial charge in [0.1, 0.15) is 5.82 Å². The lowest BCUT2D eigenvalue weighted by Gasteiger charge is -2.29. The number of nitrogens with one attached hydrogen (secondary N) is 1. The molecule has 0 radical (unpaired) electrons. The molecule has 1 saturated heterocycles. The standard InChI is InChI=1S/C14H18ClFN2O2/c1-10(14(19)18-4-6-20-7-5-18)17-9-11-2-3-12(16)8-13(11)15/h2-3,8,10,17H,4-7,9H2,1H3. The van der Waals surface area contributed by atoms with Crippen molar-refractivity contribution in [3.8, 4) is 0 Å². The highest BCUT2D eigenvalue weighted by Gasteiger charge is 2.22. The second-order valence-corrected chi connectivity index (χ2v) is 5.18. The fraction of sp³-hybridized carbons (Fsp3) is 0.500. The number of hydrogen-bond donors (Lipinski definition) is 1. The average molecular weight is 301 g/mol. The third kappa shape index (κ3) is 3.91. The van der Waals surface area contributed by atoms with Gasteiger partial charge in [0.25, 0.3) is 0 Å². The maximum atomic E-state index is 12.9. The fourth-order valence-electron chi connectivity index (χ4n) is 2.07. The predicted molar refractivity (Wildman–Crippen MR) is 75.1 cm³/mol. The molecule has 0 aromatic heterocycles. The van der Waals surface area contributed by atoms with Crippen molar-refractivity contribution in [1.82, 2.24) is 10.2 Å². The minimum atomic E-state index is -0.365. The van der Waals surface area contributed by atoms with Gasteiger partial charge in [0.05, 0.1) is 19.3 Å². The monoisotopic (exact) mass is 300 g/mol. The summed E-state index contributed by atoms with van der Waals surface area (Å²) in [5.41, 5.74) is 0.773. The molecule has 1 unspecified atom stereocenters. The highest BCUT2D eigenvalue weighted by Crippen LogP contribution is 2.17. The van der Waals surface area contributed by atoms with Gasteiger partial charge in [-0.25, -0.2) is 4.39 Å². The lowest BCUT2D eigenvalue weighted by molar-refractivity contribution is -0.137. The third-order valence-electron chi connectivity index (χ3n) is 3.31. The van der Waals surface area contributed by atoms with Crippen LogP contribution in [0.5, 0.6) is 0 Å². The van der Waals surface area contributed by atoms with E-state index >= 15 is 0 Å². The van der Waals surface area contributed by atoms with Crippen molar-refractivity contribution in [1.29, 1.82) is 0 Å². The zero-order chi connectivity index (χ0) is 14.5. The van der Waals surface area contributed by atoms with Crippen LogP contribution in [0.1, 0.15) is 12.5 Å². The van der Waals surface area contributed by atoms with E-state index in [1.165, 1.54) is 12.1 Å². The number of hydrogen-bond acceptors (Lipinski definition) is 3. The van der Waals surface area contributed by atoms with Crippen molar-refractivity contribution < 1.29 is 13.9 Å². The molecule has 0 bridgehead atoms. The summed E-state index contributed by atoms with van der Waals surface area (Å²) < 4.78 is 18.2. The van der Waals surface area contributed by atoms with Gasteiger partial charge in [-0.1, -0.05) is 17.7 Å². The molecule has 1 aliphatic heterocycles. The Labute approximate surface area is 122 Å². The van der Waals surface area contributed by atoms with Crippen molar-refractivity contribution in [3.63, 3.8) is 0 Å². The quantitative estimate of drug-likeness (QED) is 0.922. The predicted octanol–water partition coefficient (Wildman–Crippen LogP) is 1.82. The van der Waals surface area contributed by atoms with Crippen LogP contribution in [0.4, 0.5) is 4.39 Å². The Morgan fingerprint density at radius 1 is 1.50 bits per heavy atom. The topological polar surface area (TPSA) is 41.6 Å². The van der Waals surface area contributed by atoms with E-state index in [0.717, 1.165) is 5.56 Å². The van der Waals surface area contributed by atoms with Crippen LogP contribution in [0.15, 0.2) is 18.2 Å². The van der Waals surface area contributed by atoms with E-state index in [-0.39, 0.29) is 17.8 Å². The van der Waals surface area contributed by atoms with E-state index in [2.05, 4.69) is 5.32 Å². The number of rotatable bonds is 4. The summed E-state index contributed by atoms with van der Waals surface area (Å²) in [5.74, 6) is -0.317. The molecular weight excluding hydrogens is 283 g/mol. The number of amides is 1. The fourth-order valence-corrected chi connectivity index (χ4v) is 2.31. The Balaban J connectivity index is 1.87. The molecule has 0 aliphatic carbocycles. The Morgan fingerprint density at radius 2 is 2.20 bits per heavy atom. The molecule has 1 heterocycles. The first-order valence-electron chi connectivity index (χ1n) is 6.62. The number of morpholine rings is 1. The van der Waals surface area contributed by atoms with Crippen LogP contribution in [-0.2, 0) is 16.1 Å². The minimum absolute atomic E-state index is 0.0477. The van der Waals surface area contributed by atoms with Gasteiger partial charge in [-0.3, -0.25) is 4.79 Å². The Bertz CT molecular complexity index is 478. The summed E-state index contributed by atoms with van der Waals surface area (Å²) in [6, 6.07) is 3.94. The Kier molecular flexibility index (Phi) is 5.34. The summed E-state index contributed by atoms with van der Waals surface area (Å²) in [6.45, 7) is 4.67. The maximum Gasteiger partial charge on any atom is 0.239 e. The smallest absolute Gasteiger partial charge is 0.239 e. The van der Waals surface area contributed by atoms with Gasteiger partial charge in [0.15, 0.2) is 0 Å². The number of benzene rings is 1. The molecule has 6 heteroatoms. The second-order valence-electron chi connectivity index (χ2n) is 4.78. The molecule has 20 heavy (non-hydrogen) atoms. The molecule has 110 valence electrons. The molecule has 1 aliphatic rings. The molecule has 1 N–H and O–H groups in total. The van der Waals surface area contributed by atoms with Crippen molar-refractivity contribution in [2.45, 2.75) is 19.5 Å². The first-order chi connectivity index (χ1) is 9.58. The highest BCUT2D eigenvalue weighted by molar-refractivity contribution is 6.31. The van der Waals surface area contributed by atoms with Gasteiger partial charge in [0, 0.05) is 24.7 Å². The molecule has 1 atom stereocenters. The number of nitrogens with zero attached hydrogens (tertiary/aromatic N) is 1. The minimum Gasteiger partial charge on any atom is -0.378 e. The van der Waals surface area contributed by atoms with Gasteiger partial charge in [-0.05, 0) is 24.6 Å². The SMILES string of the molecule is CC(NCc1ccc(F)cc1Cl)C(=O)N1CCOCC1. The van der Waals surface area contributed by atoms with Crippen molar-refractivity contribution in [2.24, 2.45) is 0 Å². The van der Waals surface area contributed by atoms with E-state index in [0.29, 0.717) is 37.9 Å². The van der Waals surface area contributed by atoms with Crippen LogP contribution < -0.4 is 5.32 Å². The number of carbonyl (C=O) groups excluding carboxylic acids is 1. The first-order valence-corrected chi connectivity index (χ1v) is 6.99. The summed E-state index contributed by atoms with van der Waals surface area (Å²) in [4.78, 5) is 14.0. The molecule has 0 saturated carbocycles. The summed E-state index contributed by atoms with van der Waals surface area (Å²) in [5, 5.41) is 3.48. The Hall–Kier alpha value is -1.17. The summed E-state index contributed by atoms with van der Waals surface area (Å²) >= 11 is 5.95. The van der Waals surface area contributed by atoms with E-state index < -0.39 is 0 Å². The lowest BCUT2D eigenvalue weighted by atomic mass is 10.2. The van der Waals surface area contributed by atoms with Crippen molar-refractivity contribution in [2.75, 3.05) is 26.3 Å². The average Bonchev–Trinajstić information content (AvgIpc) is 2.46. The largest absolute Gasteiger partial charge is 0.378 e. The van der Waals surface area contributed by atoms with Crippen molar-refractivity contribution >= 4 is 17.5 Å². The van der Waals surface area contributed by atoms with Gasteiger partial charge in [0.2, 0.25) is 5.91 Å². The molecule has 4 nitrogen and oxygen atoms in total. The summed E-state index contributed by atoms with van der Waals surface area (Å²) in [7, 11) is 0. The van der Waals surface area contributed by atoms with Crippen molar-refractivity contribution in [3.05, 3.63) is 34.6 Å². The third-order valence-corrected chi connectivity index (χ3v) is 3.66. The second kappa shape index (κ2) is 7.02. The lowest BCUT2D eigenvalue weighted by Crippen LogP contribution is -2.49. The van der Waals surface area contributed by atoms with Crippen LogP contribution in [0.2, 0.25) is 5.02 Å². The molecule has 0 spiro atoms. The Morgan fingerprint density at radius 3 is 2.85 bits per heavy atom. The zero-order valence-corrected chi connectivity index (χ0v) is 12.1. The van der Waals surface area contributed by atoms with Crippen LogP contribution in [0, 0.1) is 5.82 Å². The van der Waals surface area contributed by atoms with Crippen LogP contribution in [-0.4, -0.2) is 43.2 Å². The number of carbonyl (C=O) groups is 1. The van der Waals surface area contributed by atoms with E-state index in [1.54, 1.807) is 11.0 Å². The van der Waals surface area contributed by atoms with Gasteiger partial charge < -0.3 is 15.0 Å². The van der Waals surface area contributed by atoms with Gasteiger partial charge in [-0.15, -0.1) is 0 Å². The van der Waals surface area contributed by atoms with E-state index in [4.69, 9.17) is 16.3 Å². The normalized spacial score (nSPS) is 17.1. The number of halogens is 2. The van der Waals surface area contributed by atoms with Crippen LogP contribution >= 0.6 is 11.6 Å².